The van der Waals surface area contributed by atoms with Crippen LogP contribution < -0.4 is 0 Å². The molecule has 0 fully saturated rings. The van der Waals surface area contributed by atoms with Gasteiger partial charge in [-0.3, -0.25) is 4.99 Å². The highest BCUT2D eigenvalue weighted by Crippen LogP contribution is 2.38. The van der Waals surface area contributed by atoms with E-state index in [-0.39, 0.29) is 0 Å². The van der Waals surface area contributed by atoms with E-state index in [0.29, 0.717) is 0 Å². The van der Waals surface area contributed by atoms with E-state index in [4.69, 9.17) is 0 Å². The van der Waals surface area contributed by atoms with E-state index < -0.39 is 0 Å². The van der Waals surface area contributed by atoms with Crippen LogP contribution in [0.2, 0.25) is 0 Å². The molecule has 0 unspecified atom stereocenters. The fourth-order valence-electron chi connectivity index (χ4n) is 1.55. The van der Waals surface area contributed by atoms with Gasteiger partial charge >= 0.3 is 0 Å². The van der Waals surface area contributed by atoms with E-state index in [1.165, 1.54) is 16.7 Å². The van der Waals surface area contributed by atoms with Crippen molar-refractivity contribution in [1.29, 1.82) is 0 Å². The molecule has 0 aromatic rings. The van der Waals surface area contributed by atoms with Crippen molar-refractivity contribution in [3.05, 3.63) is 46.7 Å². The maximum Gasteiger partial charge on any atom is 0.0715 e. The lowest BCUT2D eigenvalue weighted by molar-refractivity contribution is 1.41. The highest BCUT2D eigenvalue weighted by molar-refractivity contribution is 5.95. The molecule has 3 aliphatic rings. The maximum atomic E-state index is 4.24. The molecule has 0 amide bonds. The molecule has 10 heavy (non-hydrogen) atoms. The molecule has 3 rings (SSSR count). The predicted octanol–water partition coefficient (Wildman–Crippen LogP) is 1.76. The van der Waals surface area contributed by atoms with Gasteiger partial charge in [-0.25, -0.2) is 0 Å². The minimum atomic E-state index is 1.13. The molecule has 0 spiro atoms. The minimum Gasteiger partial charge on any atom is -0.256 e. The fourth-order valence-corrected chi connectivity index (χ4v) is 1.55. The fraction of sp³-hybridized carbons (Fsp3) is 0. The Morgan fingerprint density at radius 2 is 2.10 bits per heavy atom. The maximum absolute atomic E-state index is 4.24. The molecule has 0 aromatic carbocycles. The number of rotatable bonds is 0. The third-order valence-corrected chi connectivity index (χ3v) is 2.04. The Kier molecular flexibility index (Phi) is 0.539. The van der Waals surface area contributed by atoms with Crippen LogP contribution in [-0.4, -0.2) is 6.21 Å². The van der Waals surface area contributed by atoms with Crippen LogP contribution in [0.15, 0.2) is 51.7 Å². The summed E-state index contributed by atoms with van der Waals surface area (Å²) in [6, 6.07) is 0. The highest BCUT2D eigenvalue weighted by atomic mass is 14.8. The summed E-state index contributed by atoms with van der Waals surface area (Å²) in [5.41, 5.74) is 5.06. The van der Waals surface area contributed by atoms with Crippen molar-refractivity contribution in [2.75, 3.05) is 0 Å². The molecule has 0 bridgehead atoms. The number of aliphatic imine (C=N–C) groups is 1. The molecular formula is C9H5N. The molecule has 1 aliphatic heterocycles. The summed E-state index contributed by atoms with van der Waals surface area (Å²) in [6.07, 6.45) is 10.4. The molecule has 0 saturated carbocycles. The van der Waals surface area contributed by atoms with Crippen molar-refractivity contribution in [1.82, 2.24) is 0 Å². The van der Waals surface area contributed by atoms with E-state index >= 15 is 0 Å². The summed E-state index contributed by atoms with van der Waals surface area (Å²) in [6.45, 7) is 0. The third kappa shape index (κ3) is 0.320. The topological polar surface area (TPSA) is 12.4 Å². The van der Waals surface area contributed by atoms with Crippen LogP contribution in [-0.2, 0) is 0 Å². The van der Waals surface area contributed by atoms with Crippen LogP contribution in [0.1, 0.15) is 0 Å². The van der Waals surface area contributed by atoms with Crippen molar-refractivity contribution in [3.63, 3.8) is 0 Å². The van der Waals surface area contributed by atoms with Gasteiger partial charge in [-0.05, 0) is 11.6 Å². The molecule has 0 aromatic heterocycles. The zero-order valence-electron chi connectivity index (χ0n) is 5.33. The first-order valence-corrected chi connectivity index (χ1v) is 3.34. The Bertz CT molecular complexity index is 328. The van der Waals surface area contributed by atoms with Gasteiger partial charge in [-0.15, -0.1) is 0 Å². The van der Waals surface area contributed by atoms with Crippen LogP contribution in [0.25, 0.3) is 0 Å². The third-order valence-electron chi connectivity index (χ3n) is 2.04. The lowest BCUT2D eigenvalue weighted by atomic mass is 10.1. The van der Waals surface area contributed by atoms with Gasteiger partial charge in [0.25, 0.3) is 0 Å². The average Bonchev–Trinajstić information content (AvgIpc) is 2.56. The van der Waals surface area contributed by atoms with Crippen molar-refractivity contribution in [2.24, 2.45) is 4.99 Å². The largest absolute Gasteiger partial charge is 0.256 e. The molecule has 0 saturated heterocycles. The smallest absolute Gasteiger partial charge is 0.0715 e. The number of allylic oxidation sites excluding steroid dienone is 6. The average molecular weight is 127 g/mol. The first-order chi connectivity index (χ1) is 4.95. The Balaban J connectivity index is 2.43. The van der Waals surface area contributed by atoms with Crippen LogP contribution in [0.4, 0.5) is 0 Å². The summed E-state index contributed by atoms with van der Waals surface area (Å²) in [5, 5.41) is 0. The second kappa shape index (κ2) is 1.21. The molecule has 2 aliphatic carbocycles. The molecule has 0 atom stereocenters. The van der Waals surface area contributed by atoms with Gasteiger partial charge in [0.2, 0.25) is 0 Å². The second-order valence-electron chi connectivity index (χ2n) is 2.60. The first kappa shape index (κ1) is 4.45. The zero-order chi connectivity index (χ0) is 6.55. The summed E-state index contributed by atoms with van der Waals surface area (Å²) < 4.78 is 0. The van der Waals surface area contributed by atoms with Gasteiger partial charge in [-0.2, -0.15) is 0 Å². The Labute approximate surface area is 58.8 Å². The Morgan fingerprint density at radius 1 is 1.10 bits per heavy atom. The molecule has 1 nitrogen and oxygen atoms in total. The summed E-state index contributed by atoms with van der Waals surface area (Å²) in [4.78, 5) is 4.24. The van der Waals surface area contributed by atoms with Crippen molar-refractivity contribution in [3.8, 4) is 0 Å². The SMILES string of the molecule is C1=CC2=C3C1=CC=C3N=C2. The van der Waals surface area contributed by atoms with Crippen molar-refractivity contribution < 1.29 is 0 Å². The summed E-state index contributed by atoms with van der Waals surface area (Å²) in [7, 11) is 0. The minimum absolute atomic E-state index is 1.13. The quantitative estimate of drug-likeness (QED) is 0.470. The summed E-state index contributed by atoms with van der Waals surface area (Å²) in [5.74, 6) is 0. The van der Waals surface area contributed by atoms with Gasteiger partial charge in [0.15, 0.2) is 0 Å². The lowest BCUT2D eigenvalue weighted by Crippen LogP contribution is -1.77. The summed E-state index contributed by atoms with van der Waals surface area (Å²) >= 11 is 0. The van der Waals surface area contributed by atoms with Crippen LogP contribution in [0.5, 0.6) is 0 Å². The van der Waals surface area contributed by atoms with Crippen LogP contribution in [0, 0.1) is 0 Å². The normalized spacial score (nSPS) is 24.0. The van der Waals surface area contributed by atoms with E-state index in [9.17, 15) is 0 Å². The lowest BCUT2D eigenvalue weighted by Gasteiger charge is -1.91. The van der Waals surface area contributed by atoms with Gasteiger partial charge in [0.1, 0.15) is 0 Å². The van der Waals surface area contributed by atoms with E-state index in [2.05, 4.69) is 29.3 Å². The monoisotopic (exact) mass is 127 g/mol. The first-order valence-electron chi connectivity index (χ1n) is 3.34. The van der Waals surface area contributed by atoms with Gasteiger partial charge in [0, 0.05) is 17.4 Å². The number of hydrogen-bond donors (Lipinski definition) is 0. The molecular weight excluding hydrogens is 122 g/mol. The van der Waals surface area contributed by atoms with Gasteiger partial charge in [-0.1, -0.05) is 18.2 Å². The molecule has 1 heterocycles. The molecule has 0 N–H and O–H groups in total. The number of nitrogens with zero attached hydrogens (tertiary/aromatic N) is 1. The Hall–Kier alpha value is -1.37. The Morgan fingerprint density at radius 3 is 3.10 bits per heavy atom. The van der Waals surface area contributed by atoms with E-state index in [0.717, 1.165) is 5.70 Å². The highest BCUT2D eigenvalue weighted by Gasteiger charge is 2.23. The van der Waals surface area contributed by atoms with Crippen LogP contribution in [0.3, 0.4) is 0 Å². The van der Waals surface area contributed by atoms with Crippen molar-refractivity contribution >= 4 is 6.21 Å². The number of hydrogen-bond acceptors (Lipinski definition) is 1. The van der Waals surface area contributed by atoms with Crippen LogP contribution >= 0.6 is 0 Å². The molecule has 46 valence electrons. The molecule has 0 radical (unpaired) electrons. The van der Waals surface area contributed by atoms with Gasteiger partial charge in [0.05, 0.1) is 5.70 Å². The predicted molar refractivity (Wildman–Crippen MR) is 40.8 cm³/mol. The second-order valence-corrected chi connectivity index (χ2v) is 2.60. The van der Waals surface area contributed by atoms with E-state index in [1.807, 2.05) is 6.21 Å². The molecule has 1 heteroatoms. The van der Waals surface area contributed by atoms with Crippen molar-refractivity contribution in [2.45, 2.75) is 0 Å². The van der Waals surface area contributed by atoms with E-state index in [1.54, 1.807) is 0 Å². The van der Waals surface area contributed by atoms with Gasteiger partial charge < -0.3 is 0 Å². The zero-order valence-corrected chi connectivity index (χ0v) is 5.33. The standard InChI is InChI=1S/C9H5N/c1-2-7-5-10-8-4-3-6(1)9(7)8/h1-5H.